The predicted octanol–water partition coefficient (Wildman–Crippen LogP) is 3.24. The van der Waals surface area contributed by atoms with E-state index in [9.17, 15) is 21.6 Å². The van der Waals surface area contributed by atoms with Crippen LogP contribution in [-0.4, -0.2) is 44.7 Å². The smallest absolute Gasteiger partial charge is 0.381 e. The fourth-order valence-corrected chi connectivity index (χ4v) is 5.92. The van der Waals surface area contributed by atoms with Crippen molar-refractivity contribution >= 4 is 37.3 Å². The summed E-state index contributed by atoms with van der Waals surface area (Å²) in [5, 5.41) is 0. The van der Waals surface area contributed by atoms with E-state index in [1.807, 2.05) is 0 Å². The first-order chi connectivity index (χ1) is 9.70. The van der Waals surface area contributed by atoms with Crippen LogP contribution >= 0.6 is 27.3 Å². The van der Waals surface area contributed by atoms with Gasteiger partial charge >= 0.3 is 6.18 Å². The Labute approximate surface area is 133 Å². The minimum Gasteiger partial charge on any atom is -0.381 e. The van der Waals surface area contributed by atoms with Gasteiger partial charge in [0.05, 0.1) is 3.79 Å². The van der Waals surface area contributed by atoms with Crippen molar-refractivity contribution in [1.29, 1.82) is 0 Å². The standard InChI is InChI=1S/C11H13BrF3NO3S2/c12-9-1-2-10(20-9)21(17,18)16(7-11(13,14)15)8-3-5-19-6-4-8/h1-2,8H,3-7H2. The van der Waals surface area contributed by atoms with Gasteiger partial charge in [-0.15, -0.1) is 11.3 Å². The molecule has 1 aromatic rings. The summed E-state index contributed by atoms with van der Waals surface area (Å²) < 4.78 is 69.4. The van der Waals surface area contributed by atoms with E-state index in [-0.39, 0.29) is 30.3 Å². The van der Waals surface area contributed by atoms with Crippen molar-refractivity contribution in [3.63, 3.8) is 0 Å². The molecule has 1 saturated heterocycles. The lowest BCUT2D eigenvalue weighted by Gasteiger charge is -2.33. The summed E-state index contributed by atoms with van der Waals surface area (Å²) in [5.74, 6) is 0. The minimum atomic E-state index is -4.58. The van der Waals surface area contributed by atoms with Gasteiger partial charge in [-0.25, -0.2) is 8.42 Å². The molecule has 4 nitrogen and oxygen atoms in total. The number of hydrogen-bond donors (Lipinski definition) is 0. The SMILES string of the molecule is O=S(=O)(c1ccc(Br)s1)N(CC(F)(F)F)C1CCOCC1. The third-order valence-corrected chi connectivity index (χ3v) is 7.03. The van der Waals surface area contributed by atoms with Gasteiger partial charge in [-0.3, -0.25) is 0 Å². The number of nitrogens with zero attached hydrogens (tertiary/aromatic N) is 1. The summed E-state index contributed by atoms with van der Waals surface area (Å²) in [7, 11) is -4.17. The molecule has 0 amide bonds. The molecule has 0 aliphatic carbocycles. The lowest BCUT2D eigenvalue weighted by molar-refractivity contribution is -0.141. The van der Waals surface area contributed by atoms with Gasteiger partial charge in [0.2, 0.25) is 0 Å². The molecular weight excluding hydrogens is 395 g/mol. The molecule has 1 aliphatic heterocycles. The highest BCUT2D eigenvalue weighted by Crippen LogP contribution is 2.33. The Morgan fingerprint density at radius 1 is 1.33 bits per heavy atom. The molecule has 2 rings (SSSR count). The third-order valence-electron chi connectivity index (χ3n) is 3.04. The monoisotopic (exact) mass is 407 g/mol. The maximum absolute atomic E-state index is 12.8. The van der Waals surface area contributed by atoms with Crippen LogP contribution in [0.5, 0.6) is 0 Å². The molecule has 1 aromatic heterocycles. The molecule has 0 spiro atoms. The van der Waals surface area contributed by atoms with Gasteiger partial charge in [-0.05, 0) is 40.9 Å². The second kappa shape index (κ2) is 6.53. The zero-order valence-electron chi connectivity index (χ0n) is 10.8. The zero-order valence-corrected chi connectivity index (χ0v) is 14.0. The average molecular weight is 408 g/mol. The van der Waals surface area contributed by atoms with Crippen molar-refractivity contribution in [2.24, 2.45) is 0 Å². The van der Waals surface area contributed by atoms with E-state index >= 15 is 0 Å². The van der Waals surface area contributed by atoms with E-state index in [0.717, 1.165) is 11.3 Å². The largest absolute Gasteiger partial charge is 0.402 e. The summed E-state index contributed by atoms with van der Waals surface area (Å²) in [6, 6.07) is 2.13. The van der Waals surface area contributed by atoms with Gasteiger partial charge in [0.25, 0.3) is 10.0 Å². The molecule has 0 N–H and O–H groups in total. The van der Waals surface area contributed by atoms with Crippen molar-refractivity contribution in [2.45, 2.75) is 29.3 Å². The molecule has 0 radical (unpaired) electrons. The van der Waals surface area contributed by atoms with E-state index in [2.05, 4.69) is 15.9 Å². The summed E-state index contributed by atoms with van der Waals surface area (Å²) in [6.07, 6.45) is -4.05. The molecule has 0 bridgehead atoms. The van der Waals surface area contributed by atoms with E-state index in [4.69, 9.17) is 4.74 Å². The molecule has 21 heavy (non-hydrogen) atoms. The molecular formula is C11H13BrF3NO3S2. The molecule has 120 valence electrons. The van der Waals surface area contributed by atoms with Crippen LogP contribution in [0.3, 0.4) is 0 Å². The molecule has 1 fully saturated rings. The topological polar surface area (TPSA) is 46.6 Å². The van der Waals surface area contributed by atoms with Crippen LogP contribution in [0, 0.1) is 0 Å². The number of sulfonamides is 1. The Kier molecular flexibility index (Phi) is 5.35. The first-order valence-corrected chi connectivity index (χ1v) is 9.17. The maximum atomic E-state index is 12.8. The number of halogens is 4. The second-order valence-electron chi connectivity index (χ2n) is 4.57. The first kappa shape index (κ1) is 17.2. The molecule has 2 heterocycles. The van der Waals surface area contributed by atoms with Crippen LogP contribution in [0.4, 0.5) is 13.2 Å². The van der Waals surface area contributed by atoms with E-state index < -0.39 is 28.8 Å². The summed E-state index contributed by atoms with van der Waals surface area (Å²) >= 11 is 4.03. The fraction of sp³-hybridized carbons (Fsp3) is 0.636. The summed E-state index contributed by atoms with van der Waals surface area (Å²) in [5.41, 5.74) is 0. The number of thiophene rings is 1. The number of rotatable bonds is 4. The Morgan fingerprint density at radius 2 is 1.95 bits per heavy atom. The van der Waals surface area contributed by atoms with Crippen LogP contribution < -0.4 is 0 Å². The predicted molar refractivity (Wildman–Crippen MR) is 75.8 cm³/mol. The fourth-order valence-electron chi connectivity index (χ4n) is 2.11. The van der Waals surface area contributed by atoms with Gasteiger partial charge in [-0.2, -0.15) is 17.5 Å². The lowest BCUT2D eigenvalue weighted by Crippen LogP contribution is -2.47. The number of alkyl halides is 3. The van der Waals surface area contributed by atoms with Gasteiger partial charge in [0, 0.05) is 19.3 Å². The van der Waals surface area contributed by atoms with Crippen LogP contribution in [-0.2, 0) is 14.8 Å². The van der Waals surface area contributed by atoms with Crippen molar-refractivity contribution in [2.75, 3.05) is 19.8 Å². The molecule has 10 heteroatoms. The number of ether oxygens (including phenoxy) is 1. The summed E-state index contributed by atoms with van der Waals surface area (Å²) in [4.78, 5) is 0. The van der Waals surface area contributed by atoms with Gasteiger partial charge in [0.1, 0.15) is 10.8 Å². The lowest BCUT2D eigenvalue weighted by atomic mass is 10.1. The highest BCUT2D eigenvalue weighted by molar-refractivity contribution is 9.11. The third kappa shape index (κ3) is 4.41. The zero-order chi connectivity index (χ0) is 15.7. The normalized spacial score (nSPS) is 18.3. The van der Waals surface area contributed by atoms with Crippen LogP contribution in [0.2, 0.25) is 0 Å². The van der Waals surface area contributed by atoms with Crippen molar-refractivity contribution in [3.8, 4) is 0 Å². The highest BCUT2D eigenvalue weighted by atomic mass is 79.9. The Balaban J connectivity index is 2.33. The minimum absolute atomic E-state index is 0.0925. The van der Waals surface area contributed by atoms with E-state index in [1.165, 1.54) is 12.1 Å². The second-order valence-corrected chi connectivity index (χ2v) is 9.15. The van der Waals surface area contributed by atoms with Gasteiger partial charge in [-0.1, -0.05) is 0 Å². The Morgan fingerprint density at radius 3 is 2.43 bits per heavy atom. The molecule has 0 saturated carbocycles. The molecule has 0 atom stereocenters. The maximum Gasteiger partial charge on any atom is 0.402 e. The Bertz CT molecular complexity index is 582. The first-order valence-electron chi connectivity index (χ1n) is 6.12. The average Bonchev–Trinajstić information content (AvgIpc) is 2.83. The summed E-state index contributed by atoms with van der Waals surface area (Å²) in [6.45, 7) is -0.944. The molecule has 1 aliphatic rings. The van der Waals surface area contributed by atoms with E-state index in [1.54, 1.807) is 0 Å². The van der Waals surface area contributed by atoms with Crippen molar-refractivity contribution in [1.82, 2.24) is 4.31 Å². The van der Waals surface area contributed by atoms with E-state index in [0.29, 0.717) is 8.09 Å². The molecule has 0 aromatic carbocycles. The van der Waals surface area contributed by atoms with Crippen LogP contribution in [0.25, 0.3) is 0 Å². The quantitative estimate of drug-likeness (QED) is 0.769. The van der Waals surface area contributed by atoms with Crippen molar-refractivity contribution in [3.05, 3.63) is 15.9 Å². The van der Waals surface area contributed by atoms with Gasteiger partial charge < -0.3 is 4.74 Å². The Hall–Kier alpha value is -0.160. The molecule has 0 unspecified atom stereocenters. The van der Waals surface area contributed by atoms with Crippen LogP contribution in [0.1, 0.15) is 12.8 Å². The highest BCUT2D eigenvalue weighted by Gasteiger charge is 2.41. The van der Waals surface area contributed by atoms with Crippen LogP contribution in [0.15, 0.2) is 20.1 Å². The van der Waals surface area contributed by atoms with Crippen molar-refractivity contribution < 1.29 is 26.3 Å². The number of hydrogen-bond acceptors (Lipinski definition) is 4. The van der Waals surface area contributed by atoms with Gasteiger partial charge in [0.15, 0.2) is 0 Å².